The Morgan fingerprint density at radius 2 is 1.79 bits per heavy atom. The van der Waals surface area contributed by atoms with Gasteiger partial charge in [-0.1, -0.05) is 24.3 Å². The van der Waals surface area contributed by atoms with Crippen LogP contribution in [-0.4, -0.2) is 23.3 Å². The van der Waals surface area contributed by atoms with Crippen molar-refractivity contribution in [2.45, 2.75) is 17.6 Å². The molecule has 28 heavy (non-hydrogen) atoms. The molecule has 0 spiro atoms. The Morgan fingerprint density at radius 3 is 2.50 bits per heavy atom. The third-order valence-corrected chi connectivity index (χ3v) is 5.15. The Bertz CT molecular complexity index is 944. The van der Waals surface area contributed by atoms with Crippen LogP contribution in [0.1, 0.15) is 21.5 Å². The SMILES string of the molecule is Cc1ccccc1C(=O)NCC(=O)Nc1ccc(SCc2cccnc2)cc1. The fourth-order valence-corrected chi connectivity index (χ4v) is 3.41. The van der Waals surface area contributed by atoms with E-state index in [9.17, 15) is 9.59 Å². The lowest BCUT2D eigenvalue weighted by Crippen LogP contribution is -2.33. The average Bonchev–Trinajstić information content (AvgIpc) is 2.72. The topological polar surface area (TPSA) is 71.1 Å². The van der Waals surface area contributed by atoms with Crippen LogP contribution in [0.15, 0.2) is 78.0 Å². The summed E-state index contributed by atoms with van der Waals surface area (Å²) < 4.78 is 0. The lowest BCUT2D eigenvalue weighted by Gasteiger charge is -2.09. The number of aromatic nitrogens is 1. The molecular weight excluding hydrogens is 370 g/mol. The normalized spacial score (nSPS) is 10.3. The van der Waals surface area contributed by atoms with Gasteiger partial charge in [-0.05, 0) is 54.4 Å². The Morgan fingerprint density at radius 1 is 1.00 bits per heavy atom. The fraction of sp³-hybridized carbons (Fsp3) is 0.136. The first-order chi connectivity index (χ1) is 13.6. The molecule has 1 aromatic heterocycles. The van der Waals surface area contributed by atoms with E-state index in [2.05, 4.69) is 15.6 Å². The maximum Gasteiger partial charge on any atom is 0.251 e. The van der Waals surface area contributed by atoms with Crippen LogP contribution < -0.4 is 10.6 Å². The number of nitrogens with one attached hydrogen (secondary N) is 2. The van der Waals surface area contributed by atoms with Crippen LogP contribution in [0.25, 0.3) is 0 Å². The van der Waals surface area contributed by atoms with Crippen molar-refractivity contribution >= 4 is 29.3 Å². The summed E-state index contributed by atoms with van der Waals surface area (Å²) in [5.74, 6) is 0.317. The van der Waals surface area contributed by atoms with Gasteiger partial charge in [0.05, 0.1) is 6.54 Å². The van der Waals surface area contributed by atoms with Crippen LogP contribution >= 0.6 is 11.8 Å². The van der Waals surface area contributed by atoms with Crippen LogP contribution in [0.4, 0.5) is 5.69 Å². The Balaban J connectivity index is 1.46. The summed E-state index contributed by atoms with van der Waals surface area (Å²) in [6.45, 7) is 1.79. The standard InChI is InChI=1S/C22H21N3O2S/c1-16-5-2-3-7-20(16)22(27)24-14-21(26)25-18-8-10-19(11-9-18)28-15-17-6-4-12-23-13-17/h2-13H,14-15H2,1H3,(H,24,27)(H,25,26). The lowest BCUT2D eigenvalue weighted by molar-refractivity contribution is -0.115. The van der Waals surface area contributed by atoms with Crippen molar-refractivity contribution in [1.29, 1.82) is 0 Å². The predicted molar refractivity (Wildman–Crippen MR) is 112 cm³/mol. The number of thioether (sulfide) groups is 1. The van der Waals surface area contributed by atoms with E-state index in [1.807, 2.05) is 61.7 Å². The molecule has 2 amide bonds. The van der Waals surface area contributed by atoms with Crippen molar-refractivity contribution in [3.63, 3.8) is 0 Å². The van der Waals surface area contributed by atoms with E-state index in [1.54, 1.807) is 30.1 Å². The van der Waals surface area contributed by atoms with Crippen molar-refractivity contribution in [2.75, 3.05) is 11.9 Å². The largest absolute Gasteiger partial charge is 0.343 e. The van der Waals surface area contributed by atoms with Gasteiger partial charge in [0, 0.05) is 34.3 Å². The maximum atomic E-state index is 12.2. The molecule has 3 aromatic rings. The second-order valence-corrected chi connectivity index (χ2v) is 7.27. The van der Waals surface area contributed by atoms with Crippen molar-refractivity contribution in [2.24, 2.45) is 0 Å². The van der Waals surface area contributed by atoms with E-state index in [0.29, 0.717) is 11.3 Å². The summed E-state index contributed by atoms with van der Waals surface area (Å²) in [4.78, 5) is 29.5. The first-order valence-electron chi connectivity index (χ1n) is 8.87. The second kappa shape index (κ2) is 9.71. The number of hydrogen-bond acceptors (Lipinski definition) is 4. The van der Waals surface area contributed by atoms with Gasteiger partial charge < -0.3 is 10.6 Å². The number of benzene rings is 2. The van der Waals surface area contributed by atoms with E-state index >= 15 is 0 Å². The molecule has 0 fully saturated rings. The summed E-state index contributed by atoms with van der Waals surface area (Å²) in [5, 5.41) is 5.44. The van der Waals surface area contributed by atoms with Gasteiger partial charge in [-0.15, -0.1) is 11.8 Å². The molecule has 0 saturated carbocycles. The highest BCUT2D eigenvalue weighted by Crippen LogP contribution is 2.23. The molecule has 0 unspecified atom stereocenters. The van der Waals surface area contributed by atoms with Gasteiger partial charge in [-0.2, -0.15) is 0 Å². The molecule has 0 bridgehead atoms. The molecule has 0 aliphatic rings. The van der Waals surface area contributed by atoms with E-state index < -0.39 is 0 Å². The zero-order chi connectivity index (χ0) is 19.8. The van der Waals surface area contributed by atoms with Gasteiger partial charge in [-0.25, -0.2) is 0 Å². The molecule has 2 N–H and O–H groups in total. The fourth-order valence-electron chi connectivity index (χ4n) is 2.57. The number of amides is 2. The molecule has 6 heteroatoms. The van der Waals surface area contributed by atoms with Crippen LogP contribution in [0.5, 0.6) is 0 Å². The molecular formula is C22H21N3O2S. The van der Waals surface area contributed by atoms with Gasteiger partial charge in [0.25, 0.3) is 5.91 Å². The molecule has 3 rings (SSSR count). The van der Waals surface area contributed by atoms with Gasteiger partial charge in [0.1, 0.15) is 0 Å². The third kappa shape index (κ3) is 5.69. The van der Waals surface area contributed by atoms with Crippen molar-refractivity contribution in [3.05, 3.63) is 89.7 Å². The van der Waals surface area contributed by atoms with Crippen LogP contribution in [-0.2, 0) is 10.5 Å². The summed E-state index contributed by atoms with van der Waals surface area (Å²) in [6, 6.07) is 18.9. The Kier molecular flexibility index (Phi) is 6.81. The molecule has 2 aromatic carbocycles. The second-order valence-electron chi connectivity index (χ2n) is 6.22. The van der Waals surface area contributed by atoms with Crippen LogP contribution in [0.2, 0.25) is 0 Å². The number of aryl methyl sites for hydroxylation is 1. The zero-order valence-electron chi connectivity index (χ0n) is 15.5. The minimum atomic E-state index is -0.266. The van der Waals surface area contributed by atoms with Crippen molar-refractivity contribution in [1.82, 2.24) is 10.3 Å². The number of pyridine rings is 1. The smallest absolute Gasteiger partial charge is 0.251 e. The molecule has 0 saturated heterocycles. The predicted octanol–water partition coefficient (Wildman–Crippen LogP) is 4.05. The lowest BCUT2D eigenvalue weighted by atomic mass is 10.1. The Labute approximate surface area is 168 Å². The van der Waals surface area contributed by atoms with Gasteiger partial charge >= 0.3 is 0 Å². The molecule has 142 valence electrons. The monoisotopic (exact) mass is 391 g/mol. The first-order valence-corrected chi connectivity index (χ1v) is 9.86. The van der Waals surface area contributed by atoms with Crippen molar-refractivity contribution < 1.29 is 9.59 Å². The number of anilines is 1. The highest BCUT2D eigenvalue weighted by Gasteiger charge is 2.10. The highest BCUT2D eigenvalue weighted by molar-refractivity contribution is 7.98. The quantitative estimate of drug-likeness (QED) is 0.596. The number of rotatable bonds is 7. The number of carbonyl (C=O) groups is 2. The van der Waals surface area contributed by atoms with Crippen LogP contribution in [0, 0.1) is 6.92 Å². The van der Waals surface area contributed by atoms with E-state index in [4.69, 9.17) is 0 Å². The molecule has 0 radical (unpaired) electrons. The molecule has 0 aliphatic heterocycles. The first kappa shape index (κ1) is 19.6. The summed E-state index contributed by atoms with van der Waals surface area (Å²) >= 11 is 1.70. The van der Waals surface area contributed by atoms with Gasteiger partial charge in [-0.3, -0.25) is 14.6 Å². The van der Waals surface area contributed by atoms with Crippen LogP contribution in [0.3, 0.4) is 0 Å². The van der Waals surface area contributed by atoms with E-state index in [0.717, 1.165) is 21.8 Å². The molecule has 0 atom stereocenters. The minimum Gasteiger partial charge on any atom is -0.343 e. The third-order valence-electron chi connectivity index (χ3n) is 4.07. The van der Waals surface area contributed by atoms with E-state index in [-0.39, 0.29) is 18.4 Å². The number of carbonyl (C=O) groups excluding carboxylic acids is 2. The molecule has 0 aliphatic carbocycles. The minimum absolute atomic E-state index is 0.0787. The number of hydrogen-bond donors (Lipinski definition) is 2. The number of nitrogens with zero attached hydrogens (tertiary/aromatic N) is 1. The highest BCUT2D eigenvalue weighted by atomic mass is 32.2. The Hall–Kier alpha value is -3.12. The zero-order valence-corrected chi connectivity index (χ0v) is 16.3. The summed E-state index contributed by atoms with van der Waals surface area (Å²) in [7, 11) is 0. The molecule has 5 nitrogen and oxygen atoms in total. The van der Waals surface area contributed by atoms with E-state index in [1.165, 1.54) is 0 Å². The summed E-state index contributed by atoms with van der Waals surface area (Å²) in [6.07, 6.45) is 3.61. The molecule has 1 heterocycles. The van der Waals surface area contributed by atoms with Crippen molar-refractivity contribution in [3.8, 4) is 0 Å². The van der Waals surface area contributed by atoms with Gasteiger partial charge in [0.2, 0.25) is 5.91 Å². The summed E-state index contributed by atoms with van der Waals surface area (Å²) in [5.41, 5.74) is 3.31. The average molecular weight is 391 g/mol. The van der Waals surface area contributed by atoms with Gasteiger partial charge in [0.15, 0.2) is 0 Å². The maximum absolute atomic E-state index is 12.2.